The minimum Gasteiger partial charge on any atom is -0.497 e. The first-order valence-electron chi connectivity index (χ1n) is 8.31. The maximum Gasteiger partial charge on any atom is 0.314 e. The van der Waals surface area contributed by atoms with Crippen LogP contribution < -0.4 is 15.4 Å². The van der Waals surface area contributed by atoms with E-state index in [0.29, 0.717) is 12.3 Å². The van der Waals surface area contributed by atoms with Gasteiger partial charge < -0.3 is 24.9 Å². The number of aliphatic hydroxyl groups is 1. The summed E-state index contributed by atoms with van der Waals surface area (Å²) in [5.74, 6) is 1.53. The molecule has 2 amide bonds. The van der Waals surface area contributed by atoms with Gasteiger partial charge in [-0.25, -0.2) is 4.79 Å². The second kappa shape index (κ2) is 8.58. The highest BCUT2D eigenvalue weighted by molar-refractivity contribution is 5.73. The van der Waals surface area contributed by atoms with E-state index in [0.717, 1.165) is 12.2 Å². The van der Waals surface area contributed by atoms with Crippen molar-refractivity contribution in [2.75, 3.05) is 20.2 Å². The fourth-order valence-electron chi connectivity index (χ4n) is 2.49. The predicted octanol–water partition coefficient (Wildman–Crippen LogP) is 2.67. The molecule has 0 radical (unpaired) electrons. The Bertz CT molecular complexity index is 651. The van der Waals surface area contributed by atoms with Crippen LogP contribution >= 0.6 is 0 Å². The van der Waals surface area contributed by atoms with Gasteiger partial charge >= 0.3 is 6.03 Å². The van der Waals surface area contributed by atoms with E-state index in [4.69, 9.17) is 9.15 Å². The Morgan fingerprint density at radius 1 is 1.28 bits per heavy atom. The lowest BCUT2D eigenvalue weighted by atomic mass is 10.0. The SMILES string of the molecule is COc1ccc(CC(C)CNC(=O)NCC(C)(O)c2ccco2)cc1. The van der Waals surface area contributed by atoms with E-state index in [2.05, 4.69) is 17.6 Å². The molecule has 0 aliphatic rings. The zero-order valence-corrected chi connectivity index (χ0v) is 14.9. The number of benzene rings is 1. The van der Waals surface area contributed by atoms with Crippen molar-refractivity contribution < 1.29 is 19.1 Å². The normalized spacial score (nSPS) is 14.4. The van der Waals surface area contributed by atoms with Crippen LogP contribution in [-0.2, 0) is 12.0 Å². The smallest absolute Gasteiger partial charge is 0.314 e. The molecule has 2 unspecified atom stereocenters. The molecule has 3 N–H and O–H groups in total. The summed E-state index contributed by atoms with van der Waals surface area (Å²) >= 11 is 0. The Morgan fingerprint density at radius 2 is 2.00 bits per heavy atom. The van der Waals surface area contributed by atoms with E-state index in [1.807, 2.05) is 24.3 Å². The van der Waals surface area contributed by atoms with Crippen LogP contribution in [0.15, 0.2) is 47.1 Å². The summed E-state index contributed by atoms with van der Waals surface area (Å²) < 4.78 is 10.3. The van der Waals surface area contributed by atoms with Crippen molar-refractivity contribution in [3.8, 4) is 5.75 Å². The minimum absolute atomic E-state index is 0.0687. The van der Waals surface area contributed by atoms with Crippen molar-refractivity contribution in [1.29, 1.82) is 0 Å². The number of amides is 2. The van der Waals surface area contributed by atoms with Crippen LogP contribution in [0, 0.1) is 5.92 Å². The summed E-state index contributed by atoms with van der Waals surface area (Å²) in [6.07, 6.45) is 2.35. The zero-order valence-electron chi connectivity index (χ0n) is 14.9. The Morgan fingerprint density at radius 3 is 2.60 bits per heavy atom. The third kappa shape index (κ3) is 5.83. The zero-order chi connectivity index (χ0) is 18.3. The number of urea groups is 1. The topological polar surface area (TPSA) is 83.7 Å². The Hall–Kier alpha value is -2.47. The first-order chi connectivity index (χ1) is 11.9. The number of carbonyl (C=O) groups excluding carboxylic acids is 1. The van der Waals surface area contributed by atoms with Crippen molar-refractivity contribution in [1.82, 2.24) is 10.6 Å². The van der Waals surface area contributed by atoms with Gasteiger partial charge in [0.2, 0.25) is 0 Å². The summed E-state index contributed by atoms with van der Waals surface area (Å²) in [4.78, 5) is 11.9. The summed E-state index contributed by atoms with van der Waals surface area (Å²) in [7, 11) is 1.64. The Balaban J connectivity index is 1.71. The summed E-state index contributed by atoms with van der Waals surface area (Å²) in [6.45, 7) is 4.28. The molecule has 0 saturated carbocycles. The van der Waals surface area contributed by atoms with Crippen LogP contribution in [0.1, 0.15) is 25.2 Å². The predicted molar refractivity (Wildman–Crippen MR) is 95.5 cm³/mol. The van der Waals surface area contributed by atoms with E-state index >= 15 is 0 Å². The maximum atomic E-state index is 11.9. The molecule has 0 aliphatic carbocycles. The lowest BCUT2D eigenvalue weighted by Crippen LogP contribution is -2.44. The molecule has 0 saturated heterocycles. The van der Waals surface area contributed by atoms with Gasteiger partial charge in [-0.05, 0) is 49.1 Å². The van der Waals surface area contributed by atoms with Gasteiger partial charge in [0.25, 0.3) is 0 Å². The molecule has 2 atom stereocenters. The van der Waals surface area contributed by atoms with Gasteiger partial charge in [-0.1, -0.05) is 19.1 Å². The molecule has 1 aromatic carbocycles. The van der Waals surface area contributed by atoms with Crippen LogP contribution in [0.2, 0.25) is 0 Å². The second-order valence-electron chi connectivity index (χ2n) is 6.47. The van der Waals surface area contributed by atoms with Crippen molar-refractivity contribution in [3.63, 3.8) is 0 Å². The van der Waals surface area contributed by atoms with Gasteiger partial charge in [-0.2, -0.15) is 0 Å². The average Bonchev–Trinajstić information content (AvgIpc) is 3.14. The molecule has 136 valence electrons. The molecule has 0 aliphatic heterocycles. The third-order valence-electron chi connectivity index (χ3n) is 4.00. The fraction of sp³-hybridized carbons (Fsp3) is 0.421. The molecule has 2 aromatic rings. The number of hydrogen-bond acceptors (Lipinski definition) is 4. The molecule has 2 rings (SSSR count). The van der Waals surface area contributed by atoms with Crippen molar-refractivity contribution >= 4 is 6.03 Å². The molecular formula is C19H26N2O4. The first-order valence-corrected chi connectivity index (χ1v) is 8.31. The van der Waals surface area contributed by atoms with E-state index in [1.165, 1.54) is 11.8 Å². The summed E-state index contributed by atoms with van der Waals surface area (Å²) in [6, 6.07) is 11.0. The van der Waals surface area contributed by atoms with Crippen LogP contribution in [0.5, 0.6) is 5.75 Å². The van der Waals surface area contributed by atoms with E-state index in [9.17, 15) is 9.90 Å². The third-order valence-corrected chi connectivity index (χ3v) is 4.00. The summed E-state index contributed by atoms with van der Waals surface area (Å²) in [5, 5.41) is 15.8. The lowest BCUT2D eigenvalue weighted by Gasteiger charge is -2.21. The molecule has 1 heterocycles. The number of hydrogen-bond donors (Lipinski definition) is 3. The number of furan rings is 1. The number of rotatable bonds is 8. The largest absolute Gasteiger partial charge is 0.497 e. The standard InChI is InChI=1S/C19H26N2O4/c1-14(11-15-6-8-16(24-3)9-7-15)12-20-18(22)21-13-19(2,23)17-5-4-10-25-17/h4-10,14,23H,11-13H2,1-3H3,(H2,20,21,22). The fourth-order valence-corrected chi connectivity index (χ4v) is 2.49. The number of ether oxygens (including phenoxy) is 1. The molecule has 0 fully saturated rings. The van der Waals surface area contributed by atoms with E-state index in [1.54, 1.807) is 26.2 Å². The molecule has 0 spiro atoms. The molecule has 6 nitrogen and oxygen atoms in total. The monoisotopic (exact) mass is 346 g/mol. The maximum absolute atomic E-state index is 11.9. The molecule has 0 bridgehead atoms. The van der Waals surface area contributed by atoms with Gasteiger partial charge in [-0.3, -0.25) is 0 Å². The van der Waals surface area contributed by atoms with Gasteiger partial charge in [0, 0.05) is 6.54 Å². The van der Waals surface area contributed by atoms with E-state index < -0.39 is 5.60 Å². The van der Waals surface area contributed by atoms with Gasteiger partial charge in [0.05, 0.1) is 19.9 Å². The lowest BCUT2D eigenvalue weighted by molar-refractivity contribution is 0.0367. The average molecular weight is 346 g/mol. The first kappa shape index (κ1) is 18.9. The highest BCUT2D eigenvalue weighted by Crippen LogP contribution is 2.19. The molecule has 1 aromatic heterocycles. The Kier molecular flexibility index (Phi) is 6.47. The van der Waals surface area contributed by atoms with Crippen LogP contribution in [0.4, 0.5) is 4.79 Å². The number of methoxy groups -OCH3 is 1. The van der Waals surface area contributed by atoms with Crippen molar-refractivity contribution in [2.24, 2.45) is 5.92 Å². The Labute approximate surface area is 148 Å². The van der Waals surface area contributed by atoms with Crippen LogP contribution in [0.3, 0.4) is 0 Å². The van der Waals surface area contributed by atoms with Gasteiger partial charge in [0.1, 0.15) is 17.1 Å². The van der Waals surface area contributed by atoms with Crippen molar-refractivity contribution in [2.45, 2.75) is 25.9 Å². The van der Waals surface area contributed by atoms with Crippen LogP contribution in [-0.4, -0.2) is 31.3 Å². The molecule has 6 heteroatoms. The summed E-state index contributed by atoms with van der Waals surface area (Å²) in [5.41, 5.74) is -0.0495. The van der Waals surface area contributed by atoms with Gasteiger partial charge in [-0.15, -0.1) is 0 Å². The highest BCUT2D eigenvalue weighted by Gasteiger charge is 2.26. The van der Waals surface area contributed by atoms with Gasteiger partial charge in [0.15, 0.2) is 0 Å². The second-order valence-corrected chi connectivity index (χ2v) is 6.47. The number of nitrogens with one attached hydrogen (secondary N) is 2. The highest BCUT2D eigenvalue weighted by atomic mass is 16.5. The molecular weight excluding hydrogens is 320 g/mol. The molecule has 25 heavy (non-hydrogen) atoms. The minimum atomic E-state index is -1.24. The van der Waals surface area contributed by atoms with Crippen molar-refractivity contribution in [3.05, 3.63) is 54.0 Å². The van der Waals surface area contributed by atoms with Crippen LogP contribution in [0.25, 0.3) is 0 Å². The number of carbonyl (C=O) groups is 1. The van der Waals surface area contributed by atoms with E-state index in [-0.39, 0.29) is 18.5 Å². The quantitative estimate of drug-likeness (QED) is 0.686.